The van der Waals surface area contributed by atoms with E-state index in [-0.39, 0.29) is 0 Å². The van der Waals surface area contributed by atoms with Gasteiger partial charge in [-0.3, -0.25) is 11.7 Å². The highest BCUT2D eigenvalue weighted by Crippen LogP contribution is 1.86. The van der Waals surface area contributed by atoms with Crippen molar-refractivity contribution in [2.45, 2.75) is 20.3 Å². The van der Waals surface area contributed by atoms with Crippen molar-refractivity contribution in [2.24, 2.45) is 11.7 Å². The van der Waals surface area contributed by atoms with E-state index < -0.39 is 0 Å². The second-order valence-electron chi connectivity index (χ2n) is 2.61. The fourth-order valence-electron chi connectivity index (χ4n) is 0.793. The number of hydrazine groups is 2. The summed E-state index contributed by atoms with van der Waals surface area (Å²) in [6, 6.07) is 0. The monoisotopic (exact) mass is 160 g/mol. The molecule has 4 nitrogen and oxygen atoms in total. The van der Waals surface area contributed by atoms with Gasteiger partial charge in [-0.25, -0.2) is 10.0 Å². The van der Waals surface area contributed by atoms with Crippen LogP contribution in [0.4, 0.5) is 0 Å². The largest absolute Gasteiger partial charge is 0.269 e. The Morgan fingerprint density at radius 2 is 1.27 bits per heavy atom. The molecule has 0 aromatic rings. The van der Waals surface area contributed by atoms with Crippen molar-refractivity contribution in [3.63, 3.8) is 0 Å². The third kappa shape index (κ3) is 6.25. The summed E-state index contributed by atoms with van der Waals surface area (Å²) in [7, 11) is 0. The molecular weight excluding hydrogens is 140 g/mol. The van der Waals surface area contributed by atoms with E-state index in [0.717, 1.165) is 32.6 Å². The predicted octanol–water partition coefficient (Wildman–Crippen LogP) is -0.232. The van der Waals surface area contributed by atoms with Gasteiger partial charge in [0.15, 0.2) is 0 Å². The topological polar surface area (TPSA) is 58.5 Å². The lowest BCUT2D eigenvalue weighted by molar-refractivity contribution is 0.245. The van der Waals surface area contributed by atoms with Crippen molar-refractivity contribution < 1.29 is 0 Å². The normalized spacial score (nSPS) is 11.5. The van der Waals surface area contributed by atoms with Crippen molar-refractivity contribution in [2.75, 3.05) is 26.2 Å². The van der Waals surface area contributed by atoms with E-state index in [1.54, 1.807) is 10.0 Å². The molecule has 0 aliphatic carbocycles. The van der Waals surface area contributed by atoms with Gasteiger partial charge in [0, 0.05) is 26.2 Å². The number of nitrogens with zero attached hydrogens (tertiary/aromatic N) is 2. The smallest absolute Gasteiger partial charge is 0.0141 e. The van der Waals surface area contributed by atoms with Crippen molar-refractivity contribution in [1.82, 2.24) is 10.0 Å². The quantitative estimate of drug-likeness (QED) is 0.416. The minimum atomic E-state index is 0.900. The average Bonchev–Trinajstić information content (AvgIpc) is 2.04. The Kier molecular flexibility index (Phi) is 6.45. The Morgan fingerprint density at radius 1 is 0.909 bits per heavy atom. The van der Waals surface area contributed by atoms with Crippen LogP contribution in [0.1, 0.15) is 20.3 Å². The molecule has 0 rings (SSSR count). The summed E-state index contributed by atoms with van der Waals surface area (Å²) in [4.78, 5) is 0. The molecule has 0 heterocycles. The highest BCUT2D eigenvalue weighted by molar-refractivity contribution is 4.49. The molecule has 0 spiro atoms. The van der Waals surface area contributed by atoms with Crippen LogP contribution in [0.2, 0.25) is 0 Å². The first kappa shape index (κ1) is 10.8. The Morgan fingerprint density at radius 3 is 1.55 bits per heavy atom. The minimum absolute atomic E-state index is 0.900. The molecule has 0 unspecified atom stereocenters. The van der Waals surface area contributed by atoms with Crippen molar-refractivity contribution >= 4 is 0 Å². The van der Waals surface area contributed by atoms with E-state index in [1.165, 1.54) is 0 Å². The van der Waals surface area contributed by atoms with Gasteiger partial charge in [-0.05, 0) is 6.42 Å². The number of rotatable bonds is 6. The first-order valence-corrected chi connectivity index (χ1v) is 4.20. The van der Waals surface area contributed by atoms with Crippen LogP contribution in [0.15, 0.2) is 0 Å². The fraction of sp³-hybridized carbons (Fsp3) is 1.00. The predicted molar refractivity (Wildman–Crippen MR) is 47.5 cm³/mol. The summed E-state index contributed by atoms with van der Waals surface area (Å²) in [5, 5.41) is 3.59. The molecule has 0 amide bonds. The highest BCUT2D eigenvalue weighted by Gasteiger charge is 1.97. The molecule has 0 saturated carbocycles. The van der Waals surface area contributed by atoms with Crippen LogP contribution in [0.3, 0.4) is 0 Å². The van der Waals surface area contributed by atoms with Crippen LogP contribution in [0.25, 0.3) is 0 Å². The van der Waals surface area contributed by atoms with Crippen LogP contribution in [0.5, 0.6) is 0 Å². The van der Waals surface area contributed by atoms with Crippen LogP contribution in [-0.4, -0.2) is 36.2 Å². The lowest BCUT2D eigenvalue weighted by Crippen LogP contribution is -2.36. The van der Waals surface area contributed by atoms with E-state index >= 15 is 0 Å². The van der Waals surface area contributed by atoms with Crippen LogP contribution < -0.4 is 11.7 Å². The first-order chi connectivity index (χ1) is 5.20. The molecule has 0 aromatic heterocycles. The van der Waals surface area contributed by atoms with E-state index in [0.29, 0.717) is 0 Å². The molecule has 0 aliphatic rings. The molecule has 0 atom stereocenters. The van der Waals surface area contributed by atoms with Gasteiger partial charge in [-0.2, -0.15) is 0 Å². The maximum Gasteiger partial charge on any atom is 0.0141 e. The van der Waals surface area contributed by atoms with Crippen molar-refractivity contribution in [1.29, 1.82) is 0 Å². The zero-order valence-corrected chi connectivity index (χ0v) is 7.58. The molecule has 4 N–H and O–H groups in total. The molecule has 68 valence electrons. The van der Waals surface area contributed by atoms with Gasteiger partial charge in [0.1, 0.15) is 0 Å². The molecule has 0 saturated heterocycles. The Bertz CT molecular complexity index is 76.5. The highest BCUT2D eigenvalue weighted by atomic mass is 15.4. The van der Waals surface area contributed by atoms with Crippen molar-refractivity contribution in [3.8, 4) is 0 Å². The van der Waals surface area contributed by atoms with Crippen LogP contribution in [0, 0.1) is 0 Å². The average molecular weight is 160 g/mol. The second-order valence-corrected chi connectivity index (χ2v) is 2.61. The number of hydrogen-bond donors (Lipinski definition) is 2. The van der Waals surface area contributed by atoms with Gasteiger partial charge in [-0.15, -0.1) is 0 Å². The molecule has 0 fully saturated rings. The standard InChI is InChI=1S/C7H20N4/c1-3-10(8)6-5-7-11(9)4-2/h3-9H2,1-2H3. The summed E-state index contributed by atoms with van der Waals surface area (Å²) in [5.74, 6) is 11.1. The van der Waals surface area contributed by atoms with Gasteiger partial charge < -0.3 is 0 Å². The summed E-state index contributed by atoms with van der Waals surface area (Å²) in [6.07, 6.45) is 1.04. The number of nitrogens with two attached hydrogens (primary N) is 2. The Hall–Kier alpha value is -0.160. The summed E-state index contributed by atoms with van der Waals surface area (Å²) in [6.45, 7) is 7.72. The van der Waals surface area contributed by atoms with Gasteiger partial charge in [0.2, 0.25) is 0 Å². The van der Waals surface area contributed by atoms with E-state index in [2.05, 4.69) is 0 Å². The summed E-state index contributed by atoms with van der Waals surface area (Å²) < 4.78 is 0. The maximum absolute atomic E-state index is 5.57. The Labute approximate surface area is 69.1 Å². The lowest BCUT2D eigenvalue weighted by atomic mass is 10.4. The van der Waals surface area contributed by atoms with E-state index in [4.69, 9.17) is 11.7 Å². The summed E-state index contributed by atoms with van der Waals surface area (Å²) in [5.41, 5.74) is 0. The zero-order valence-electron chi connectivity index (χ0n) is 7.58. The molecule has 11 heavy (non-hydrogen) atoms. The van der Waals surface area contributed by atoms with Crippen molar-refractivity contribution in [3.05, 3.63) is 0 Å². The van der Waals surface area contributed by atoms with E-state index in [9.17, 15) is 0 Å². The fourth-order valence-corrected chi connectivity index (χ4v) is 0.793. The zero-order chi connectivity index (χ0) is 8.69. The third-order valence-corrected chi connectivity index (χ3v) is 1.70. The summed E-state index contributed by atoms with van der Waals surface area (Å²) >= 11 is 0. The lowest BCUT2D eigenvalue weighted by Gasteiger charge is -2.16. The van der Waals surface area contributed by atoms with Gasteiger partial charge >= 0.3 is 0 Å². The number of hydrogen-bond acceptors (Lipinski definition) is 4. The maximum atomic E-state index is 5.57. The third-order valence-electron chi connectivity index (χ3n) is 1.70. The molecule has 0 bridgehead atoms. The SMILES string of the molecule is CCN(N)CCCN(N)CC. The molecule has 4 heteroatoms. The molecule has 0 aromatic carbocycles. The van der Waals surface area contributed by atoms with Gasteiger partial charge in [0.05, 0.1) is 0 Å². The molecular formula is C7H20N4. The second kappa shape index (κ2) is 6.54. The first-order valence-electron chi connectivity index (χ1n) is 4.20. The molecule has 0 radical (unpaired) electrons. The minimum Gasteiger partial charge on any atom is -0.269 e. The van der Waals surface area contributed by atoms with E-state index in [1.807, 2.05) is 13.8 Å². The van der Waals surface area contributed by atoms with Crippen LogP contribution >= 0.6 is 0 Å². The van der Waals surface area contributed by atoms with Crippen LogP contribution in [-0.2, 0) is 0 Å². The van der Waals surface area contributed by atoms with Gasteiger partial charge in [0.25, 0.3) is 0 Å². The van der Waals surface area contributed by atoms with Gasteiger partial charge in [-0.1, -0.05) is 13.8 Å². The Balaban J connectivity index is 3.13. The molecule has 0 aliphatic heterocycles.